The molecule has 1 aromatic carbocycles. The standard InChI is InChI=1S/C19H29N3O2/c1-3-15(2)20-19(24)21-18(23)14-22-11-9-17(10-12-22)13-16-7-5-4-6-8-16/h4-8,15,17H,3,9-14H2,1-2H3,(H2,20,21,23,24)/p+1/t15-/m0/s1. The molecule has 5 heteroatoms. The number of carbonyl (C=O) groups excluding carboxylic acids is 2. The van der Waals surface area contributed by atoms with Crippen LogP contribution in [0.1, 0.15) is 38.7 Å². The number of rotatable bonds is 6. The van der Waals surface area contributed by atoms with Crippen molar-refractivity contribution in [2.45, 2.75) is 45.6 Å². The number of hydrogen-bond acceptors (Lipinski definition) is 2. The average molecular weight is 332 g/mol. The number of nitrogens with one attached hydrogen (secondary N) is 3. The van der Waals surface area contributed by atoms with Crippen LogP contribution in [0.4, 0.5) is 4.79 Å². The Labute approximate surface area is 144 Å². The van der Waals surface area contributed by atoms with Gasteiger partial charge in [-0.1, -0.05) is 37.3 Å². The first-order valence-electron chi connectivity index (χ1n) is 9.04. The van der Waals surface area contributed by atoms with E-state index in [4.69, 9.17) is 0 Å². The van der Waals surface area contributed by atoms with E-state index in [1.54, 1.807) is 0 Å². The first kappa shape index (κ1) is 18.5. The van der Waals surface area contributed by atoms with Crippen molar-refractivity contribution >= 4 is 11.9 Å². The summed E-state index contributed by atoms with van der Waals surface area (Å²) in [5.74, 6) is 0.514. The van der Waals surface area contributed by atoms with Crippen LogP contribution in [-0.4, -0.2) is 37.6 Å². The molecule has 0 aromatic heterocycles. The number of piperidine rings is 1. The minimum absolute atomic E-state index is 0.0823. The molecule has 0 unspecified atom stereocenters. The van der Waals surface area contributed by atoms with Gasteiger partial charge in [0.1, 0.15) is 0 Å². The van der Waals surface area contributed by atoms with Gasteiger partial charge in [0.05, 0.1) is 13.1 Å². The van der Waals surface area contributed by atoms with Crippen LogP contribution in [0.3, 0.4) is 0 Å². The lowest BCUT2D eigenvalue weighted by molar-refractivity contribution is -0.898. The van der Waals surface area contributed by atoms with Gasteiger partial charge in [0.25, 0.3) is 5.91 Å². The molecule has 1 atom stereocenters. The summed E-state index contributed by atoms with van der Waals surface area (Å²) in [5.41, 5.74) is 1.39. The van der Waals surface area contributed by atoms with Crippen molar-refractivity contribution in [3.05, 3.63) is 35.9 Å². The molecule has 24 heavy (non-hydrogen) atoms. The Bertz CT molecular complexity index is 525. The second-order valence-corrected chi connectivity index (χ2v) is 6.89. The van der Waals surface area contributed by atoms with E-state index < -0.39 is 0 Å². The van der Waals surface area contributed by atoms with Crippen LogP contribution in [-0.2, 0) is 11.2 Å². The molecule has 132 valence electrons. The summed E-state index contributed by atoms with van der Waals surface area (Å²) in [5, 5.41) is 5.19. The van der Waals surface area contributed by atoms with Crippen LogP contribution in [0.2, 0.25) is 0 Å². The van der Waals surface area contributed by atoms with E-state index in [9.17, 15) is 9.59 Å². The maximum atomic E-state index is 12.0. The van der Waals surface area contributed by atoms with Crippen molar-refractivity contribution in [2.75, 3.05) is 19.6 Å². The predicted molar refractivity (Wildman–Crippen MR) is 94.9 cm³/mol. The molecule has 5 nitrogen and oxygen atoms in total. The number of hydrogen-bond donors (Lipinski definition) is 3. The van der Waals surface area contributed by atoms with E-state index in [1.807, 2.05) is 19.9 Å². The number of urea groups is 1. The van der Waals surface area contributed by atoms with E-state index in [-0.39, 0.29) is 18.0 Å². The number of quaternary nitrogens is 1. The van der Waals surface area contributed by atoms with Gasteiger partial charge in [-0.25, -0.2) is 4.79 Å². The fourth-order valence-electron chi connectivity index (χ4n) is 3.17. The van der Waals surface area contributed by atoms with Crippen LogP contribution in [0, 0.1) is 5.92 Å². The maximum Gasteiger partial charge on any atom is 0.321 e. The van der Waals surface area contributed by atoms with Crippen molar-refractivity contribution in [2.24, 2.45) is 5.92 Å². The van der Waals surface area contributed by atoms with Crippen LogP contribution < -0.4 is 15.5 Å². The van der Waals surface area contributed by atoms with E-state index in [0.29, 0.717) is 12.5 Å². The molecule has 1 fully saturated rings. The molecule has 0 spiro atoms. The molecular formula is C19H30N3O2+. The maximum absolute atomic E-state index is 12.0. The molecular weight excluding hydrogens is 302 g/mol. The molecule has 0 radical (unpaired) electrons. The summed E-state index contributed by atoms with van der Waals surface area (Å²) in [7, 11) is 0. The van der Waals surface area contributed by atoms with Crippen LogP contribution in [0.15, 0.2) is 30.3 Å². The molecule has 0 saturated carbocycles. The van der Waals surface area contributed by atoms with E-state index >= 15 is 0 Å². The number of imide groups is 1. The quantitative estimate of drug-likeness (QED) is 0.732. The number of carbonyl (C=O) groups is 2. The van der Waals surface area contributed by atoms with Gasteiger partial charge in [0.2, 0.25) is 0 Å². The van der Waals surface area contributed by atoms with Crippen molar-refractivity contribution < 1.29 is 14.5 Å². The highest BCUT2D eigenvalue weighted by Crippen LogP contribution is 2.16. The molecule has 2 rings (SSSR count). The average Bonchev–Trinajstić information content (AvgIpc) is 2.57. The predicted octanol–water partition coefficient (Wildman–Crippen LogP) is 1.15. The molecule has 0 aliphatic carbocycles. The normalized spacial score (nSPS) is 21.8. The zero-order valence-corrected chi connectivity index (χ0v) is 14.8. The molecule has 3 amide bonds. The second kappa shape index (κ2) is 9.42. The third-order valence-electron chi connectivity index (χ3n) is 4.83. The number of likely N-dealkylation sites (tertiary alicyclic amines) is 1. The lowest BCUT2D eigenvalue weighted by Crippen LogP contribution is -3.14. The highest BCUT2D eigenvalue weighted by atomic mass is 16.2. The fourth-order valence-corrected chi connectivity index (χ4v) is 3.17. The monoisotopic (exact) mass is 332 g/mol. The highest BCUT2D eigenvalue weighted by molar-refractivity contribution is 5.94. The zero-order chi connectivity index (χ0) is 17.4. The summed E-state index contributed by atoms with van der Waals surface area (Å²) in [6, 6.07) is 10.3. The minimum atomic E-state index is -0.382. The van der Waals surface area contributed by atoms with Gasteiger partial charge in [0.15, 0.2) is 6.54 Å². The summed E-state index contributed by atoms with van der Waals surface area (Å²) in [6.07, 6.45) is 4.24. The topological polar surface area (TPSA) is 62.6 Å². The summed E-state index contributed by atoms with van der Waals surface area (Å²) >= 11 is 0. The molecule has 1 saturated heterocycles. The Morgan fingerprint density at radius 2 is 1.88 bits per heavy atom. The lowest BCUT2D eigenvalue weighted by Gasteiger charge is -2.28. The van der Waals surface area contributed by atoms with E-state index in [2.05, 4.69) is 34.9 Å². The Balaban J connectivity index is 1.67. The first-order valence-corrected chi connectivity index (χ1v) is 9.04. The van der Waals surface area contributed by atoms with Gasteiger partial charge in [-0.2, -0.15) is 0 Å². The molecule has 0 bridgehead atoms. The molecule has 1 heterocycles. The van der Waals surface area contributed by atoms with Gasteiger partial charge in [-0.05, 0) is 44.1 Å². The van der Waals surface area contributed by atoms with Crippen LogP contribution in [0.25, 0.3) is 0 Å². The molecule has 1 aromatic rings. The zero-order valence-electron chi connectivity index (χ0n) is 14.8. The Kier molecular flexibility index (Phi) is 7.25. The summed E-state index contributed by atoms with van der Waals surface area (Å²) in [6.45, 7) is 6.30. The van der Waals surface area contributed by atoms with E-state index in [1.165, 1.54) is 10.5 Å². The third-order valence-corrected chi connectivity index (χ3v) is 4.83. The Hall–Kier alpha value is -1.88. The summed E-state index contributed by atoms with van der Waals surface area (Å²) in [4.78, 5) is 24.9. The first-order chi connectivity index (χ1) is 11.6. The largest absolute Gasteiger partial charge is 0.335 e. The molecule has 1 aliphatic heterocycles. The minimum Gasteiger partial charge on any atom is -0.335 e. The Morgan fingerprint density at radius 3 is 2.50 bits per heavy atom. The van der Waals surface area contributed by atoms with Crippen LogP contribution in [0.5, 0.6) is 0 Å². The number of benzene rings is 1. The fraction of sp³-hybridized carbons (Fsp3) is 0.579. The van der Waals surface area contributed by atoms with Gasteiger partial charge in [-0.3, -0.25) is 10.1 Å². The highest BCUT2D eigenvalue weighted by Gasteiger charge is 2.24. The Morgan fingerprint density at radius 1 is 1.21 bits per heavy atom. The van der Waals surface area contributed by atoms with Crippen molar-refractivity contribution in [3.8, 4) is 0 Å². The SMILES string of the molecule is CC[C@H](C)NC(=O)NC(=O)C[NH+]1CCC(Cc2ccccc2)CC1. The third kappa shape index (κ3) is 6.32. The van der Waals surface area contributed by atoms with Gasteiger partial charge in [-0.15, -0.1) is 0 Å². The van der Waals surface area contributed by atoms with Gasteiger partial charge in [0, 0.05) is 6.04 Å². The van der Waals surface area contributed by atoms with Crippen LogP contribution >= 0.6 is 0 Å². The molecule has 1 aliphatic rings. The number of amides is 3. The summed E-state index contributed by atoms with van der Waals surface area (Å²) < 4.78 is 0. The van der Waals surface area contributed by atoms with Crippen molar-refractivity contribution in [1.82, 2.24) is 10.6 Å². The lowest BCUT2D eigenvalue weighted by atomic mass is 9.90. The smallest absolute Gasteiger partial charge is 0.321 e. The van der Waals surface area contributed by atoms with Crippen molar-refractivity contribution in [1.29, 1.82) is 0 Å². The second-order valence-electron chi connectivity index (χ2n) is 6.89. The molecule has 3 N–H and O–H groups in total. The van der Waals surface area contributed by atoms with E-state index in [0.717, 1.165) is 38.8 Å². The van der Waals surface area contributed by atoms with Gasteiger partial charge < -0.3 is 10.2 Å². The van der Waals surface area contributed by atoms with Gasteiger partial charge >= 0.3 is 6.03 Å². The van der Waals surface area contributed by atoms with Crippen molar-refractivity contribution in [3.63, 3.8) is 0 Å².